The van der Waals surface area contributed by atoms with Gasteiger partial charge in [-0.3, -0.25) is 10.1 Å². The number of nitrogens with one attached hydrogen (secondary N) is 2. The number of nitrogens with zero attached hydrogens (tertiary/aromatic N) is 1. The molecule has 0 atom stereocenters. The second-order valence-electron chi connectivity index (χ2n) is 8.12. The van der Waals surface area contributed by atoms with Crippen LogP contribution >= 0.6 is 12.2 Å². The molecule has 0 aliphatic rings. The standard InChI is InChI=1S/C28H25N3O3S2/c1-31(20-21-8-3-2-4-9-21)36(33,34)25-17-15-24(16-18-25)29-28(35)30-27(32)19-14-23-12-7-11-22-10-5-6-13-26(22)23/h2-19H,20H2,1H3,(H2,29,30,32,35)/b19-14+. The maximum atomic E-state index is 12.9. The minimum atomic E-state index is -3.66. The Morgan fingerprint density at radius 1 is 0.889 bits per heavy atom. The van der Waals surface area contributed by atoms with E-state index in [-0.39, 0.29) is 22.5 Å². The Hall–Kier alpha value is -3.85. The molecule has 0 aromatic heterocycles. The van der Waals surface area contributed by atoms with Gasteiger partial charge in [-0.1, -0.05) is 72.8 Å². The molecule has 0 aliphatic carbocycles. The van der Waals surface area contributed by atoms with Crippen molar-refractivity contribution in [3.63, 3.8) is 0 Å². The van der Waals surface area contributed by atoms with Crippen molar-refractivity contribution in [2.45, 2.75) is 11.4 Å². The van der Waals surface area contributed by atoms with E-state index >= 15 is 0 Å². The number of carbonyl (C=O) groups excluding carboxylic acids is 1. The number of carbonyl (C=O) groups is 1. The third-order valence-corrected chi connectivity index (χ3v) is 7.56. The maximum absolute atomic E-state index is 12.9. The highest BCUT2D eigenvalue weighted by atomic mass is 32.2. The van der Waals surface area contributed by atoms with Crippen molar-refractivity contribution in [3.8, 4) is 0 Å². The summed E-state index contributed by atoms with van der Waals surface area (Å²) in [4.78, 5) is 12.5. The third kappa shape index (κ3) is 6.23. The summed E-state index contributed by atoms with van der Waals surface area (Å²) < 4.78 is 27.1. The van der Waals surface area contributed by atoms with E-state index in [4.69, 9.17) is 12.2 Å². The van der Waals surface area contributed by atoms with Crippen LogP contribution in [-0.2, 0) is 21.4 Å². The lowest BCUT2D eigenvalue weighted by Crippen LogP contribution is -2.32. The van der Waals surface area contributed by atoms with Gasteiger partial charge < -0.3 is 5.32 Å². The summed E-state index contributed by atoms with van der Waals surface area (Å²) in [5, 5.41) is 7.76. The molecule has 0 radical (unpaired) electrons. The molecular formula is C28H25N3O3S2. The van der Waals surface area contributed by atoms with Crippen LogP contribution in [0.1, 0.15) is 11.1 Å². The molecule has 0 aliphatic heterocycles. The number of sulfonamides is 1. The zero-order valence-corrected chi connectivity index (χ0v) is 21.2. The largest absolute Gasteiger partial charge is 0.332 e. The number of hydrogen-bond donors (Lipinski definition) is 2. The van der Waals surface area contributed by atoms with Crippen LogP contribution in [0.2, 0.25) is 0 Å². The first kappa shape index (κ1) is 25.2. The molecule has 0 bridgehead atoms. The molecule has 0 unspecified atom stereocenters. The molecule has 2 N–H and O–H groups in total. The molecule has 4 rings (SSSR count). The van der Waals surface area contributed by atoms with E-state index in [1.807, 2.05) is 72.8 Å². The van der Waals surface area contributed by atoms with Gasteiger partial charge in [-0.15, -0.1) is 0 Å². The normalized spacial score (nSPS) is 11.6. The summed E-state index contributed by atoms with van der Waals surface area (Å²) in [6.07, 6.45) is 3.17. The van der Waals surface area contributed by atoms with Crippen LogP contribution < -0.4 is 10.6 Å². The Labute approximate surface area is 216 Å². The quantitative estimate of drug-likeness (QED) is 0.262. The van der Waals surface area contributed by atoms with Crippen LogP contribution in [0, 0.1) is 0 Å². The Morgan fingerprint density at radius 3 is 2.31 bits per heavy atom. The van der Waals surface area contributed by atoms with E-state index in [9.17, 15) is 13.2 Å². The van der Waals surface area contributed by atoms with Crippen LogP contribution in [0.5, 0.6) is 0 Å². The Balaban J connectivity index is 1.35. The molecule has 0 heterocycles. The van der Waals surface area contributed by atoms with E-state index in [1.165, 1.54) is 22.5 Å². The van der Waals surface area contributed by atoms with Crippen LogP contribution in [0.3, 0.4) is 0 Å². The minimum Gasteiger partial charge on any atom is -0.332 e. The third-order valence-electron chi connectivity index (χ3n) is 5.54. The van der Waals surface area contributed by atoms with Gasteiger partial charge in [-0.05, 0) is 64.5 Å². The zero-order valence-electron chi connectivity index (χ0n) is 19.6. The zero-order chi connectivity index (χ0) is 25.5. The van der Waals surface area contributed by atoms with Crippen molar-refractivity contribution in [1.82, 2.24) is 9.62 Å². The second kappa shape index (κ2) is 11.3. The maximum Gasteiger partial charge on any atom is 0.250 e. The van der Waals surface area contributed by atoms with Crippen LogP contribution in [0.4, 0.5) is 5.69 Å². The SMILES string of the molecule is CN(Cc1ccccc1)S(=O)(=O)c1ccc(NC(=S)NC(=O)/C=C/c2cccc3ccccc23)cc1. The Kier molecular flexibility index (Phi) is 7.90. The van der Waals surface area contributed by atoms with Gasteiger partial charge >= 0.3 is 0 Å². The topological polar surface area (TPSA) is 78.5 Å². The average Bonchev–Trinajstić information content (AvgIpc) is 2.88. The molecule has 0 saturated heterocycles. The highest BCUT2D eigenvalue weighted by Crippen LogP contribution is 2.20. The Morgan fingerprint density at radius 2 is 1.56 bits per heavy atom. The van der Waals surface area contributed by atoms with Crippen LogP contribution in [-0.4, -0.2) is 30.8 Å². The molecule has 182 valence electrons. The molecular weight excluding hydrogens is 490 g/mol. The number of anilines is 1. The van der Waals surface area contributed by atoms with Crippen LogP contribution in [0.15, 0.2) is 108 Å². The summed E-state index contributed by atoms with van der Waals surface area (Å²) in [6, 6.07) is 29.5. The number of fused-ring (bicyclic) bond motifs is 1. The van der Waals surface area contributed by atoms with Crippen molar-refractivity contribution in [1.29, 1.82) is 0 Å². The minimum absolute atomic E-state index is 0.111. The first-order chi connectivity index (χ1) is 17.3. The van der Waals surface area contributed by atoms with Gasteiger partial charge in [0, 0.05) is 25.4 Å². The molecule has 0 spiro atoms. The highest BCUT2D eigenvalue weighted by molar-refractivity contribution is 7.89. The number of amides is 1. The predicted molar refractivity (Wildman–Crippen MR) is 149 cm³/mol. The fraction of sp³-hybridized carbons (Fsp3) is 0.0714. The van der Waals surface area contributed by atoms with Crippen LogP contribution in [0.25, 0.3) is 16.8 Å². The van der Waals surface area contributed by atoms with Crippen molar-refractivity contribution in [2.75, 3.05) is 12.4 Å². The van der Waals surface area contributed by atoms with Gasteiger partial charge in [0.05, 0.1) is 4.90 Å². The molecule has 0 saturated carbocycles. The fourth-order valence-electron chi connectivity index (χ4n) is 3.69. The number of hydrogen-bond acceptors (Lipinski definition) is 4. The number of thiocarbonyl (C=S) groups is 1. The van der Waals surface area contributed by atoms with E-state index in [0.29, 0.717) is 5.69 Å². The first-order valence-electron chi connectivity index (χ1n) is 11.2. The molecule has 1 amide bonds. The summed E-state index contributed by atoms with van der Waals surface area (Å²) >= 11 is 5.24. The monoisotopic (exact) mass is 515 g/mol. The molecule has 36 heavy (non-hydrogen) atoms. The van der Waals surface area contributed by atoms with Gasteiger partial charge in [-0.25, -0.2) is 8.42 Å². The molecule has 0 fully saturated rings. The second-order valence-corrected chi connectivity index (χ2v) is 10.6. The van der Waals surface area contributed by atoms with Crippen molar-refractivity contribution >= 4 is 55.8 Å². The lowest BCUT2D eigenvalue weighted by Gasteiger charge is -2.17. The summed E-state index contributed by atoms with van der Waals surface area (Å²) in [5.74, 6) is -0.373. The fourth-order valence-corrected chi connectivity index (χ4v) is 5.07. The summed E-state index contributed by atoms with van der Waals surface area (Å²) in [6.45, 7) is 0.269. The van der Waals surface area contributed by atoms with E-state index in [1.54, 1.807) is 25.3 Å². The van der Waals surface area contributed by atoms with Gasteiger partial charge in [-0.2, -0.15) is 4.31 Å². The number of benzene rings is 4. The molecule has 4 aromatic carbocycles. The van der Waals surface area contributed by atoms with Crippen molar-refractivity contribution < 1.29 is 13.2 Å². The molecule has 4 aromatic rings. The molecule has 8 heteroatoms. The number of rotatable bonds is 7. The van der Waals surface area contributed by atoms with Gasteiger partial charge in [0.25, 0.3) is 0 Å². The Bertz CT molecular complexity index is 1510. The van der Waals surface area contributed by atoms with Crippen molar-refractivity contribution in [3.05, 3.63) is 114 Å². The van der Waals surface area contributed by atoms with Gasteiger partial charge in [0.15, 0.2) is 5.11 Å². The lowest BCUT2D eigenvalue weighted by molar-refractivity contribution is -0.115. The van der Waals surface area contributed by atoms with E-state index < -0.39 is 10.0 Å². The first-order valence-corrected chi connectivity index (χ1v) is 13.1. The van der Waals surface area contributed by atoms with Crippen molar-refractivity contribution in [2.24, 2.45) is 0 Å². The summed E-state index contributed by atoms with van der Waals surface area (Å²) in [7, 11) is -2.11. The predicted octanol–water partition coefficient (Wildman–Crippen LogP) is 5.19. The smallest absolute Gasteiger partial charge is 0.250 e. The van der Waals surface area contributed by atoms with E-state index in [2.05, 4.69) is 10.6 Å². The van der Waals surface area contributed by atoms with E-state index in [0.717, 1.165) is 21.9 Å². The lowest BCUT2D eigenvalue weighted by atomic mass is 10.0. The van der Waals surface area contributed by atoms with Gasteiger partial charge in [0.2, 0.25) is 15.9 Å². The van der Waals surface area contributed by atoms with Gasteiger partial charge in [0.1, 0.15) is 0 Å². The molecule has 6 nitrogen and oxygen atoms in total. The summed E-state index contributed by atoms with van der Waals surface area (Å²) in [5.41, 5.74) is 2.39. The average molecular weight is 516 g/mol. The highest BCUT2D eigenvalue weighted by Gasteiger charge is 2.20.